The number of piperidine rings is 1. The molecule has 0 spiro atoms. The minimum atomic E-state index is -0.466. The van der Waals surface area contributed by atoms with E-state index in [-0.39, 0.29) is 5.91 Å². The molecule has 0 unspecified atom stereocenters. The predicted molar refractivity (Wildman–Crippen MR) is 66.6 cm³/mol. The first kappa shape index (κ1) is 12.5. The Morgan fingerprint density at radius 1 is 1.47 bits per heavy atom. The number of aromatic nitrogens is 1. The topological polar surface area (TPSA) is 33.2 Å². The van der Waals surface area contributed by atoms with Crippen LogP contribution in [0.2, 0.25) is 0 Å². The molecule has 1 amide bonds. The van der Waals surface area contributed by atoms with E-state index in [2.05, 4.69) is 20.9 Å². The van der Waals surface area contributed by atoms with Gasteiger partial charge < -0.3 is 4.90 Å². The zero-order valence-electron chi connectivity index (χ0n) is 9.40. The lowest BCUT2D eigenvalue weighted by Gasteiger charge is -2.31. The summed E-state index contributed by atoms with van der Waals surface area (Å²) in [6.45, 7) is 1.48. The number of alkyl halides is 1. The van der Waals surface area contributed by atoms with Gasteiger partial charge in [0.15, 0.2) is 0 Å². The summed E-state index contributed by atoms with van der Waals surface area (Å²) in [4.78, 5) is 17.5. The Morgan fingerprint density at radius 2 is 2.18 bits per heavy atom. The van der Waals surface area contributed by atoms with Crippen molar-refractivity contribution in [1.29, 1.82) is 0 Å². The van der Waals surface area contributed by atoms with Crippen LogP contribution in [0.4, 0.5) is 4.39 Å². The van der Waals surface area contributed by atoms with Gasteiger partial charge in [0.2, 0.25) is 0 Å². The van der Waals surface area contributed by atoms with Crippen LogP contribution in [0.1, 0.15) is 23.2 Å². The first-order chi connectivity index (χ1) is 8.20. The Kier molecular flexibility index (Phi) is 4.10. The number of pyridine rings is 1. The van der Waals surface area contributed by atoms with E-state index < -0.39 is 5.82 Å². The smallest absolute Gasteiger partial charge is 0.255 e. The van der Waals surface area contributed by atoms with E-state index in [4.69, 9.17) is 0 Å². The molecule has 1 aliphatic rings. The zero-order chi connectivity index (χ0) is 12.3. The molecule has 0 aromatic carbocycles. The highest BCUT2D eigenvalue weighted by atomic mass is 79.9. The number of carbonyl (C=O) groups excluding carboxylic acids is 1. The molecule has 17 heavy (non-hydrogen) atoms. The fraction of sp³-hybridized carbons (Fsp3) is 0.500. The summed E-state index contributed by atoms with van der Waals surface area (Å²) in [6, 6.07) is 1.24. The Morgan fingerprint density at radius 3 is 2.76 bits per heavy atom. The average molecular weight is 301 g/mol. The maximum atomic E-state index is 13.0. The number of hydrogen-bond acceptors (Lipinski definition) is 2. The molecule has 1 aromatic rings. The van der Waals surface area contributed by atoms with E-state index in [1.165, 1.54) is 12.3 Å². The standard InChI is InChI=1S/C12H14BrFN2O/c13-6-9-1-3-16(4-2-9)12(17)10-5-11(14)8-15-7-10/h5,7-9H,1-4,6H2. The molecule has 2 rings (SSSR count). The minimum Gasteiger partial charge on any atom is -0.339 e. The van der Waals surface area contributed by atoms with Gasteiger partial charge in [-0.1, -0.05) is 15.9 Å². The third-order valence-electron chi connectivity index (χ3n) is 3.07. The lowest BCUT2D eigenvalue weighted by molar-refractivity contribution is 0.0698. The minimum absolute atomic E-state index is 0.120. The van der Waals surface area contributed by atoms with Crippen molar-refractivity contribution >= 4 is 21.8 Å². The monoisotopic (exact) mass is 300 g/mol. The van der Waals surface area contributed by atoms with Gasteiger partial charge >= 0.3 is 0 Å². The van der Waals surface area contributed by atoms with Crippen LogP contribution in [-0.2, 0) is 0 Å². The van der Waals surface area contributed by atoms with Gasteiger partial charge in [0, 0.05) is 24.6 Å². The van der Waals surface area contributed by atoms with Crippen molar-refractivity contribution in [1.82, 2.24) is 9.88 Å². The fourth-order valence-electron chi connectivity index (χ4n) is 2.00. The largest absolute Gasteiger partial charge is 0.339 e. The summed E-state index contributed by atoms with van der Waals surface area (Å²) >= 11 is 3.46. The van der Waals surface area contributed by atoms with Gasteiger partial charge in [-0.25, -0.2) is 4.39 Å². The lowest BCUT2D eigenvalue weighted by atomic mass is 9.99. The van der Waals surface area contributed by atoms with Gasteiger partial charge in [0.25, 0.3) is 5.91 Å². The number of rotatable bonds is 2. The molecule has 3 nitrogen and oxygen atoms in total. The van der Waals surface area contributed by atoms with Gasteiger partial charge in [-0.2, -0.15) is 0 Å². The molecule has 0 aliphatic carbocycles. The first-order valence-electron chi connectivity index (χ1n) is 5.66. The van der Waals surface area contributed by atoms with Crippen molar-refractivity contribution in [2.24, 2.45) is 5.92 Å². The number of amides is 1. The molecular formula is C12H14BrFN2O. The fourth-order valence-corrected chi connectivity index (χ4v) is 2.65. The van der Waals surface area contributed by atoms with Gasteiger partial charge in [-0.15, -0.1) is 0 Å². The van der Waals surface area contributed by atoms with Crippen LogP contribution in [0, 0.1) is 11.7 Å². The highest BCUT2D eigenvalue weighted by molar-refractivity contribution is 9.09. The normalized spacial score (nSPS) is 17.2. The van der Waals surface area contributed by atoms with E-state index in [9.17, 15) is 9.18 Å². The first-order valence-corrected chi connectivity index (χ1v) is 6.78. The Bertz CT molecular complexity index is 405. The zero-order valence-corrected chi connectivity index (χ0v) is 11.0. The summed E-state index contributed by atoms with van der Waals surface area (Å²) in [5.74, 6) is 0.0564. The summed E-state index contributed by atoms with van der Waals surface area (Å²) < 4.78 is 13.0. The molecule has 0 saturated carbocycles. The Labute approximate surface area is 108 Å². The van der Waals surface area contributed by atoms with Crippen molar-refractivity contribution in [2.45, 2.75) is 12.8 Å². The van der Waals surface area contributed by atoms with Crippen LogP contribution in [0.5, 0.6) is 0 Å². The molecule has 92 valence electrons. The van der Waals surface area contributed by atoms with E-state index in [0.717, 1.165) is 37.5 Å². The Balaban J connectivity index is 2.02. The quantitative estimate of drug-likeness (QED) is 0.786. The van der Waals surface area contributed by atoms with Crippen molar-refractivity contribution < 1.29 is 9.18 Å². The third kappa shape index (κ3) is 3.03. The lowest BCUT2D eigenvalue weighted by Crippen LogP contribution is -2.38. The number of halogens is 2. The van der Waals surface area contributed by atoms with E-state index in [1.807, 2.05) is 0 Å². The summed E-state index contributed by atoms with van der Waals surface area (Å²) in [5, 5.41) is 0.983. The van der Waals surface area contributed by atoms with Crippen LogP contribution in [-0.4, -0.2) is 34.2 Å². The van der Waals surface area contributed by atoms with Crippen LogP contribution in [0.3, 0.4) is 0 Å². The number of likely N-dealkylation sites (tertiary alicyclic amines) is 1. The van der Waals surface area contributed by atoms with E-state index in [0.29, 0.717) is 11.5 Å². The highest BCUT2D eigenvalue weighted by Gasteiger charge is 2.23. The van der Waals surface area contributed by atoms with Crippen LogP contribution < -0.4 is 0 Å². The van der Waals surface area contributed by atoms with Gasteiger partial charge in [0.05, 0.1) is 11.8 Å². The molecule has 1 fully saturated rings. The summed E-state index contributed by atoms with van der Waals surface area (Å²) in [6.07, 6.45) is 4.52. The number of hydrogen-bond donors (Lipinski definition) is 0. The molecule has 0 radical (unpaired) electrons. The SMILES string of the molecule is O=C(c1cncc(F)c1)N1CCC(CBr)CC1. The van der Waals surface area contributed by atoms with Crippen molar-refractivity contribution in [3.05, 3.63) is 29.8 Å². The number of nitrogens with zero attached hydrogens (tertiary/aromatic N) is 2. The van der Waals surface area contributed by atoms with Crippen LogP contribution in [0.25, 0.3) is 0 Å². The molecule has 0 atom stereocenters. The Hall–Kier alpha value is -0.970. The van der Waals surface area contributed by atoms with Crippen LogP contribution >= 0.6 is 15.9 Å². The average Bonchev–Trinajstić information content (AvgIpc) is 2.38. The molecular weight excluding hydrogens is 287 g/mol. The summed E-state index contributed by atoms with van der Waals surface area (Å²) in [7, 11) is 0. The second kappa shape index (κ2) is 5.58. The van der Waals surface area contributed by atoms with Crippen molar-refractivity contribution in [2.75, 3.05) is 18.4 Å². The van der Waals surface area contributed by atoms with Gasteiger partial charge in [-0.3, -0.25) is 9.78 Å². The predicted octanol–water partition coefficient (Wildman–Crippen LogP) is 2.47. The number of carbonyl (C=O) groups is 1. The third-order valence-corrected chi connectivity index (χ3v) is 3.99. The molecule has 1 saturated heterocycles. The van der Waals surface area contributed by atoms with E-state index in [1.54, 1.807) is 4.90 Å². The molecule has 0 N–H and O–H groups in total. The van der Waals surface area contributed by atoms with Crippen molar-refractivity contribution in [3.8, 4) is 0 Å². The molecule has 0 bridgehead atoms. The van der Waals surface area contributed by atoms with Crippen LogP contribution in [0.15, 0.2) is 18.5 Å². The molecule has 5 heteroatoms. The molecule has 1 aliphatic heterocycles. The van der Waals surface area contributed by atoms with Crippen molar-refractivity contribution in [3.63, 3.8) is 0 Å². The maximum absolute atomic E-state index is 13.0. The summed E-state index contributed by atoms with van der Waals surface area (Å²) in [5.41, 5.74) is 0.335. The van der Waals surface area contributed by atoms with E-state index >= 15 is 0 Å². The molecule has 2 heterocycles. The second-order valence-corrected chi connectivity index (χ2v) is 4.93. The highest BCUT2D eigenvalue weighted by Crippen LogP contribution is 2.20. The maximum Gasteiger partial charge on any atom is 0.255 e. The second-order valence-electron chi connectivity index (χ2n) is 4.28. The van der Waals surface area contributed by atoms with Gasteiger partial charge in [-0.05, 0) is 24.8 Å². The van der Waals surface area contributed by atoms with Gasteiger partial charge in [0.1, 0.15) is 5.82 Å². The molecule has 1 aromatic heterocycles.